The first kappa shape index (κ1) is 21.7. The molecule has 0 heteroatoms. The van der Waals surface area contributed by atoms with Crippen LogP contribution < -0.4 is 0 Å². The molecule has 2 rings (SSSR count). The van der Waals surface area contributed by atoms with Crippen molar-refractivity contribution in [3.05, 3.63) is 70.3 Å². The van der Waals surface area contributed by atoms with Crippen molar-refractivity contribution in [3.63, 3.8) is 0 Å². The first-order valence-electron chi connectivity index (χ1n) is 10.5. The minimum atomic E-state index is 0.140. The Bertz CT molecular complexity index is 773. The lowest BCUT2D eigenvalue weighted by molar-refractivity contribution is 0.562. The highest BCUT2D eigenvalue weighted by Gasteiger charge is 2.26. The van der Waals surface area contributed by atoms with E-state index >= 15 is 0 Å². The standard InChI is InChI=1S/C27H40/c1-11-22(19-13-12-14-20(17-19)25(2,3)4)23-18-21(26(5,6)7)15-16-24(23)27(8,9)10/h12-18,22H,11H2,1-10H3. The van der Waals surface area contributed by atoms with Crippen molar-refractivity contribution < 1.29 is 0 Å². The average Bonchev–Trinajstić information content (AvgIpc) is 2.53. The summed E-state index contributed by atoms with van der Waals surface area (Å²) in [5.74, 6) is 0.434. The van der Waals surface area contributed by atoms with Gasteiger partial charge in [-0.1, -0.05) is 112 Å². The summed E-state index contributed by atoms with van der Waals surface area (Å²) in [7, 11) is 0. The van der Waals surface area contributed by atoms with Crippen LogP contribution in [-0.2, 0) is 16.2 Å². The Morgan fingerprint density at radius 3 is 1.70 bits per heavy atom. The summed E-state index contributed by atoms with van der Waals surface area (Å²) in [5.41, 5.74) is 7.75. The number of hydrogen-bond donors (Lipinski definition) is 0. The molecule has 0 N–H and O–H groups in total. The molecular formula is C27H40. The summed E-state index contributed by atoms with van der Waals surface area (Å²) in [5, 5.41) is 0. The summed E-state index contributed by atoms with van der Waals surface area (Å²) in [6.45, 7) is 23.2. The topological polar surface area (TPSA) is 0 Å². The number of hydrogen-bond acceptors (Lipinski definition) is 0. The Kier molecular flexibility index (Phi) is 6.00. The van der Waals surface area contributed by atoms with Crippen LogP contribution in [0.3, 0.4) is 0 Å². The van der Waals surface area contributed by atoms with Crippen LogP contribution in [0.4, 0.5) is 0 Å². The van der Waals surface area contributed by atoms with Crippen LogP contribution in [0.1, 0.15) is 109 Å². The van der Waals surface area contributed by atoms with E-state index < -0.39 is 0 Å². The van der Waals surface area contributed by atoms with Gasteiger partial charge in [0, 0.05) is 5.92 Å². The molecule has 0 bridgehead atoms. The molecule has 0 radical (unpaired) electrons. The fourth-order valence-electron chi connectivity index (χ4n) is 3.86. The fraction of sp³-hybridized carbons (Fsp3) is 0.556. The fourth-order valence-corrected chi connectivity index (χ4v) is 3.86. The maximum atomic E-state index is 2.48. The van der Waals surface area contributed by atoms with Crippen LogP contribution in [0, 0.1) is 0 Å². The summed E-state index contributed by atoms with van der Waals surface area (Å²) in [6.07, 6.45) is 1.12. The van der Waals surface area contributed by atoms with E-state index in [2.05, 4.69) is 112 Å². The van der Waals surface area contributed by atoms with E-state index in [1.807, 2.05) is 0 Å². The lowest BCUT2D eigenvalue weighted by Gasteiger charge is -2.31. The van der Waals surface area contributed by atoms with Gasteiger partial charge in [0.2, 0.25) is 0 Å². The second-order valence-electron chi connectivity index (χ2n) is 11.1. The van der Waals surface area contributed by atoms with E-state index in [1.54, 1.807) is 0 Å². The van der Waals surface area contributed by atoms with Crippen molar-refractivity contribution in [1.29, 1.82) is 0 Å². The highest BCUT2D eigenvalue weighted by atomic mass is 14.3. The molecular weight excluding hydrogens is 324 g/mol. The number of rotatable bonds is 3. The summed E-state index contributed by atoms with van der Waals surface area (Å²) in [4.78, 5) is 0. The van der Waals surface area contributed by atoms with E-state index in [9.17, 15) is 0 Å². The number of benzene rings is 2. The van der Waals surface area contributed by atoms with Crippen molar-refractivity contribution in [2.75, 3.05) is 0 Å². The molecule has 27 heavy (non-hydrogen) atoms. The molecule has 1 atom stereocenters. The van der Waals surface area contributed by atoms with Gasteiger partial charge in [-0.25, -0.2) is 0 Å². The molecule has 0 aliphatic carbocycles. The maximum Gasteiger partial charge on any atom is 0.00898 e. The van der Waals surface area contributed by atoms with E-state index in [-0.39, 0.29) is 16.2 Å². The van der Waals surface area contributed by atoms with E-state index in [0.29, 0.717) is 5.92 Å². The maximum absolute atomic E-state index is 2.48. The zero-order chi connectivity index (χ0) is 20.6. The third kappa shape index (κ3) is 5.03. The largest absolute Gasteiger partial charge is 0.0645 e. The van der Waals surface area contributed by atoms with Gasteiger partial charge in [-0.05, 0) is 50.5 Å². The van der Waals surface area contributed by atoms with Crippen LogP contribution in [0.5, 0.6) is 0 Å². The van der Waals surface area contributed by atoms with Crippen molar-refractivity contribution in [1.82, 2.24) is 0 Å². The molecule has 0 nitrogen and oxygen atoms in total. The Labute approximate surface area is 168 Å². The van der Waals surface area contributed by atoms with Gasteiger partial charge in [0.05, 0.1) is 0 Å². The van der Waals surface area contributed by atoms with Gasteiger partial charge < -0.3 is 0 Å². The van der Waals surface area contributed by atoms with Crippen LogP contribution in [0.15, 0.2) is 42.5 Å². The molecule has 2 aromatic carbocycles. The summed E-state index contributed by atoms with van der Waals surface area (Å²) in [6, 6.07) is 16.5. The van der Waals surface area contributed by atoms with Gasteiger partial charge in [0.1, 0.15) is 0 Å². The predicted molar refractivity (Wildman–Crippen MR) is 121 cm³/mol. The van der Waals surface area contributed by atoms with E-state index in [0.717, 1.165) is 6.42 Å². The molecule has 0 spiro atoms. The molecule has 0 aromatic heterocycles. The Hall–Kier alpha value is -1.56. The van der Waals surface area contributed by atoms with Crippen LogP contribution in [0.25, 0.3) is 0 Å². The molecule has 0 aliphatic heterocycles. The van der Waals surface area contributed by atoms with Crippen LogP contribution in [0.2, 0.25) is 0 Å². The average molecular weight is 365 g/mol. The Balaban J connectivity index is 2.68. The summed E-state index contributed by atoms with van der Waals surface area (Å²) >= 11 is 0. The first-order valence-corrected chi connectivity index (χ1v) is 10.5. The van der Waals surface area contributed by atoms with Gasteiger partial charge >= 0.3 is 0 Å². The SMILES string of the molecule is CCC(c1cccc(C(C)(C)C)c1)c1cc(C(C)(C)C)ccc1C(C)(C)C. The lowest BCUT2D eigenvalue weighted by atomic mass is 9.74. The molecule has 0 aliphatic rings. The minimum Gasteiger partial charge on any atom is -0.0645 e. The van der Waals surface area contributed by atoms with Crippen molar-refractivity contribution in [3.8, 4) is 0 Å². The summed E-state index contributed by atoms with van der Waals surface area (Å²) < 4.78 is 0. The highest BCUT2D eigenvalue weighted by Crippen LogP contribution is 2.39. The molecule has 0 amide bonds. The molecule has 0 saturated carbocycles. The molecule has 148 valence electrons. The van der Waals surface area contributed by atoms with Crippen molar-refractivity contribution in [2.45, 2.75) is 97.8 Å². The van der Waals surface area contributed by atoms with Gasteiger partial charge in [0.25, 0.3) is 0 Å². The second-order valence-corrected chi connectivity index (χ2v) is 11.1. The molecule has 1 unspecified atom stereocenters. The monoisotopic (exact) mass is 364 g/mol. The third-order valence-electron chi connectivity index (χ3n) is 5.66. The first-order chi connectivity index (χ1) is 12.2. The zero-order valence-electron chi connectivity index (χ0n) is 19.3. The third-order valence-corrected chi connectivity index (χ3v) is 5.66. The molecule has 0 fully saturated rings. The van der Waals surface area contributed by atoms with Crippen molar-refractivity contribution in [2.24, 2.45) is 0 Å². The quantitative estimate of drug-likeness (QED) is 0.516. The minimum absolute atomic E-state index is 0.140. The van der Waals surface area contributed by atoms with Crippen molar-refractivity contribution >= 4 is 0 Å². The Morgan fingerprint density at radius 2 is 1.22 bits per heavy atom. The van der Waals surface area contributed by atoms with Crippen LogP contribution >= 0.6 is 0 Å². The molecule has 0 heterocycles. The predicted octanol–water partition coefficient (Wildman–Crippen LogP) is 8.12. The smallest absolute Gasteiger partial charge is 0.00898 e. The van der Waals surface area contributed by atoms with Gasteiger partial charge in [-0.2, -0.15) is 0 Å². The second kappa shape index (κ2) is 7.46. The van der Waals surface area contributed by atoms with Crippen LogP contribution in [-0.4, -0.2) is 0 Å². The molecule has 2 aromatic rings. The molecule has 0 saturated heterocycles. The normalized spacial score (nSPS) is 14.3. The van der Waals surface area contributed by atoms with Gasteiger partial charge in [0.15, 0.2) is 0 Å². The Morgan fingerprint density at radius 1 is 0.667 bits per heavy atom. The van der Waals surface area contributed by atoms with E-state index in [4.69, 9.17) is 0 Å². The highest BCUT2D eigenvalue weighted by molar-refractivity contribution is 5.46. The van der Waals surface area contributed by atoms with E-state index in [1.165, 1.54) is 27.8 Å². The van der Waals surface area contributed by atoms with Gasteiger partial charge in [-0.15, -0.1) is 0 Å². The zero-order valence-corrected chi connectivity index (χ0v) is 19.3. The van der Waals surface area contributed by atoms with Gasteiger partial charge in [-0.3, -0.25) is 0 Å². The lowest BCUT2D eigenvalue weighted by Crippen LogP contribution is -2.20.